The van der Waals surface area contributed by atoms with E-state index >= 15 is 0 Å². The molecule has 4 rings (SSSR count). The molecule has 1 N–H and O–H groups in total. The van der Waals surface area contributed by atoms with Crippen LogP contribution in [-0.4, -0.2) is 28.3 Å². The van der Waals surface area contributed by atoms with Gasteiger partial charge in [-0.05, 0) is 43.3 Å². The molecule has 0 aliphatic rings. The van der Waals surface area contributed by atoms with E-state index in [4.69, 9.17) is 16.3 Å². The lowest BCUT2D eigenvalue weighted by atomic mass is 10.1. The van der Waals surface area contributed by atoms with E-state index in [9.17, 15) is 9.59 Å². The fraction of sp³-hybridized carbons (Fsp3) is 0.125. The maximum absolute atomic E-state index is 12.7. The fourth-order valence-corrected chi connectivity index (χ4v) is 3.53. The van der Waals surface area contributed by atoms with Crippen molar-refractivity contribution in [3.8, 4) is 11.3 Å². The molecule has 1 aromatic heterocycles. The summed E-state index contributed by atoms with van der Waals surface area (Å²) >= 11 is 6.21. The van der Waals surface area contributed by atoms with Crippen molar-refractivity contribution < 1.29 is 14.3 Å². The normalized spacial score (nSPS) is 10.8. The number of esters is 1. The van der Waals surface area contributed by atoms with Gasteiger partial charge in [0, 0.05) is 21.7 Å². The lowest BCUT2D eigenvalue weighted by molar-refractivity contribution is -0.116. The maximum atomic E-state index is 12.7. The molecule has 0 unspecified atom stereocenters. The highest BCUT2D eigenvalue weighted by Gasteiger charge is 2.15. The molecule has 0 spiro atoms. The van der Waals surface area contributed by atoms with Crippen LogP contribution in [0.25, 0.3) is 22.2 Å². The van der Waals surface area contributed by atoms with Crippen LogP contribution < -0.4 is 5.32 Å². The van der Waals surface area contributed by atoms with E-state index in [1.807, 2.05) is 42.5 Å². The van der Waals surface area contributed by atoms with Gasteiger partial charge in [-0.1, -0.05) is 48.0 Å². The van der Waals surface area contributed by atoms with Gasteiger partial charge < -0.3 is 10.1 Å². The van der Waals surface area contributed by atoms with E-state index in [0.29, 0.717) is 16.3 Å². The van der Waals surface area contributed by atoms with Crippen LogP contribution in [0.15, 0.2) is 72.8 Å². The number of halogens is 1. The van der Waals surface area contributed by atoms with Crippen molar-refractivity contribution in [3.05, 3.63) is 83.4 Å². The van der Waals surface area contributed by atoms with E-state index in [-0.39, 0.29) is 19.1 Å². The number of benzene rings is 3. The number of rotatable bonds is 6. The van der Waals surface area contributed by atoms with E-state index in [1.54, 1.807) is 41.9 Å². The summed E-state index contributed by atoms with van der Waals surface area (Å²) in [6.45, 7) is 2.04. The lowest BCUT2D eigenvalue weighted by Crippen LogP contribution is -2.19. The van der Waals surface area contributed by atoms with Crippen LogP contribution in [0.5, 0.6) is 0 Å². The smallest absolute Gasteiger partial charge is 0.338 e. The summed E-state index contributed by atoms with van der Waals surface area (Å²) in [4.78, 5) is 24.7. The van der Waals surface area contributed by atoms with Crippen molar-refractivity contribution in [2.24, 2.45) is 0 Å². The molecule has 0 atom stereocenters. The number of hydrogen-bond acceptors (Lipinski definition) is 4. The Morgan fingerprint density at radius 2 is 1.84 bits per heavy atom. The average Bonchev–Trinajstić information content (AvgIpc) is 3.12. The lowest BCUT2D eigenvalue weighted by Gasteiger charge is -2.08. The first-order valence-electron chi connectivity index (χ1n) is 9.83. The second kappa shape index (κ2) is 9.02. The van der Waals surface area contributed by atoms with Gasteiger partial charge in [0.15, 0.2) is 0 Å². The molecule has 6 nitrogen and oxygen atoms in total. The summed E-state index contributed by atoms with van der Waals surface area (Å²) in [5, 5.41) is 8.97. The summed E-state index contributed by atoms with van der Waals surface area (Å²) < 4.78 is 6.66. The van der Waals surface area contributed by atoms with Crippen molar-refractivity contribution in [3.63, 3.8) is 0 Å². The molecule has 4 aromatic rings. The number of amides is 1. The Morgan fingerprint density at radius 1 is 1.03 bits per heavy atom. The van der Waals surface area contributed by atoms with Crippen LogP contribution in [0.2, 0.25) is 5.02 Å². The highest BCUT2D eigenvalue weighted by molar-refractivity contribution is 6.31. The van der Waals surface area contributed by atoms with E-state index in [1.165, 1.54) is 0 Å². The van der Waals surface area contributed by atoms with E-state index < -0.39 is 5.97 Å². The van der Waals surface area contributed by atoms with Crippen molar-refractivity contribution >= 4 is 40.1 Å². The third-order valence-electron chi connectivity index (χ3n) is 4.71. The number of hydrogen-bond donors (Lipinski definition) is 1. The largest absolute Gasteiger partial charge is 0.462 e. The van der Waals surface area contributed by atoms with Crippen LogP contribution in [0.1, 0.15) is 17.3 Å². The molecule has 0 aliphatic carbocycles. The van der Waals surface area contributed by atoms with E-state index in [0.717, 1.165) is 22.2 Å². The first kappa shape index (κ1) is 20.6. The zero-order valence-corrected chi connectivity index (χ0v) is 17.6. The minimum Gasteiger partial charge on any atom is -0.462 e. The standard InChI is InChI=1S/C24H20ClN3O3/c1-2-31-24(30)17-9-6-10-19(13-17)26-22(29)15-28-21-12-11-18(25)14-20(21)23(27-28)16-7-4-3-5-8-16/h3-14H,2,15H2,1H3,(H,26,29). The Balaban J connectivity index is 1.60. The summed E-state index contributed by atoms with van der Waals surface area (Å²) in [6, 6.07) is 21.9. The molecule has 0 saturated heterocycles. The van der Waals surface area contributed by atoms with Crippen LogP contribution in [0.4, 0.5) is 5.69 Å². The van der Waals surface area contributed by atoms with Gasteiger partial charge in [0.25, 0.3) is 0 Å². The van der Waals surface area contributed by atoms with Gasteiger partial charge in [-0.15, -0.1) is 0 Å². The van der Waals surface area contributed by atoms with Crippen LogP contribution in [0, 0.1) is 0 Å². The molecule has 3 aromatic carbocycles. The van der Waals surface area contributed by atoms with Crippen LogP contribution in [0.3, 0.4) is 0 Å². The molecule has 1 heterocycles. The second-order valence-electron chi connectivity index (χ2n) is 6.88. The molecular weight excluding hydrogens is 414 g/mol. The summed E-state index contributed by atoms with van der Waals surface area (Å²) in [5.74, 6) is -0.693. The minimum atomic E-state index is -0.430. The van der Waals surface area contributed by atoms with E-state index in [2.05, 4.69) is 10.4 Å². The number of aromatic nitrogens is 2. The van der Waals surface area contributed by atoms with Gasteiger partial charge in [-0.2, -0.15) is 5.10 Å². The minimum absolute atomic E-state index is 0.00853. The number of ether oxygens (including phenoxy) is 1. The Morgan fingerprint density at radius 3 is 2.61 bits per heavy atom. The predicted octanol–water partition coefficient (Wildman–Crippen LogP) is 5.17. The number of nitrogens with one attached hydrogen (secondary N) is 1. The van der Waals surface area contributed by atoms with Gasteiger partial charge in [0.2, 0.25) is 5.91 Å². The van der Waals surface area contributed by atoms with Crippen LogP contribution >= 0.6 is 11.6 Å². The predicted molar refractivity (Wildman–Crippen MR) is 121 cm³/mol. The molecular formula is C24H20ClN3O3. The van der Waals surface area contributed by atoms with Gasteiger partial charge in [-0.25, -0.2) is 4.79 Å². The zero-order valence-electron chi connectivity index (χ0n) is 16.8. The molecule has 0 aliphatic heterocycles. The molecule has 0 fully saturated rings. The van der Waals surface area contributed by atoms with Crippen LogP contribution in [-0.2, 0) is 16.1 Å². The highest BCUT2D eigenvalue weighted by atomic mass is 35.5. The van der Waals surface area contributed by atoms with Crippen molar-refractivity contribution in [1.82, 2.24) is 9.78 Å². The van der Waals surface area contributed by atoms with Crippen molar-refractivity contribution in [1.29, 1.82) is 0 Å². The summed E-state index contributed by atoms with van der Waals surface area (Å²) in [5.41, 5.74) is 3.40. The zero-order chi connectivity index (χ0) is 21.8. The Labute approximate surface area is 184 Å². The number of carbonyl (C=O) groups excluding carboxylic acids is 2. The SMILES string of the molecule is CCOC(=O)c1cccc(NC(=O)Cn2nc(-c3ccccc3)c3cc(Cl)ccc32)c1. The number of nitrogens with zero attached hydrogens (tertiary/aromatic N) is 2. The first-order chi connectivity index (χ1) is 15.0. The Kier molecular flexibility index (Phi) is 6.00. The highest BCUT2D eigenvalue weighted by Crippen LogP contribution is 2.30. The van der Waals surface area contributed by atoms with Gasteiger partial charge in [0.05, 0.1) is 17.7 Å². The molecule has 0 bridgehead atoms. The molecule has 156 valence electrons. The molecule has 0 radical (unpaired) electrons. The van der Waals surface area contributed by atoms with Crippen molar-refractivity contribution in [2.45, 2.75) is 13.5 Å². The second-order valence-corrected chi connectivity index (χ2v) is 7.32. The molecule has 0 saturated carbocycles. The van der Waals surface area contributed by atoms with Gasteiger partial charge in [-0.3, -0.25) is 9.48 Å². The first-order valence-corrected chi connectivity index (χ1v) is 10.2. The molecule has 7 heteroatoms. The average molecular weight is 434 g/mol. The maximum Gasteiger partial charge on any atom is 0.338 e. The quantitative estimate of drug-likeness (QED) is 0.425. The molecule has 1 amide bonds. The molecule has 31 heavy (non-hydrogen) atoms. The monoisotopic (exact) mass is 433 g/mol. The Bertz CT molecular complexity index is 1250. The number of anilines is 1. The summed E-state index contributed by atoms with van der Waals surface area (Å²) in [6.07, 6.45) is 0. The van der Waals surface area contributed by atoms with Crippen molar-refractivity contribution in [2.75, 3.05) is 11.9 Å². The number of fused-ring (bicyclic) bond motifs is 1. The third-order valence-corrected chi connectivity index (χ3v) is 4.95. The number of carbonyl (C=O) groups is 2. The van der Waals surface area contributed by atoms with Gasteiger partial charge >= 0.3 is 5.97 Å². The third kappa shape index (κ3) is 4.59. The summed E-state index contributed by atoms with van der Waals surface area (Å²) in [7, 11) is 0. The van der Waals surface area contributed by atoms with Gasteiger partial charge in [0.1, 0.15) is 12.2 Å². The fourth-order valence-electron chi connectivity index (χ4n) is 3.36. The topological polar surface area (TPSA) is 73.2 Å². The Hall–Kier alpha value is -3.64.